The second-order valence-corrected chi connectivity index (χ2v) is 6.90. The zero-order chi connectivity index (χ0) is 19.5. The largest absolute Gasteiger partial charge is 0.474 e. The first kappa shape index (κ1) is 18.7. The van der Waals surface area contributed by atoms with E-state index in [0.717, 1.165) is 5.57 Å². The molecule has 1 fully saturated rings. The molecule has 1 atom stereocenters. The smallest absolute Gasteiger partial charge is 0.414 e. The van der Waals surface area contributed by atoms with Gasteiger partial charge in [-0.3, -0.25) is 4.90 Å². The molecule has 1 amide bonds. The van der Waals surface area contributed by atoms with E-state index in [-0.39, 0.29) is 19.0 Å². The molecule has 28 heavy (non-hydrogen) atoms. The molecule has 0 unspecified atom stereocenters. The molecule has 2 aromatic rings. The van der Waals surface area contributed by atoms with Crippen molar-refractivity contribution in [2.24, 2.45) is 0 Å². The van der Waals surface area contributed by atoms with Crippen molar-refractivity contribution in [3.8, 4) is 5.88 Å². The molecule has 1 aromatic carbocycles. The van der Waals surface area contributed by atoms with Gasteiger partial charge in [-0.05, 0) is 36.3 Å². The third kappa shape index (κ3) is 4.10. The number of carbonyl (C=O) groups excluding carboxylic acids is 1. The second kappa shape index (κ2) is 8.16. The number of pyridine rings is 1. The van der Waals surface area contributed by atoms with Gasteiger partial charge >= 0.3 is 6.09 Å². The summed E-state index contributed by atoms with van der Waals surface area (Å²) in [7, 11) is 0. The molecule has 4 rings (SSSR count). The van der Waals surface area contributed by atoms with Gasteiger partial charge in [0.2, 0.25) is 5.88 Å². The molecule has 0 aliphatic carbocycles. The molecule has 1 aromatic heterocycles. The van der Waals surface area contributed by atoms with E-state index in [1.165, 1.54) is 17.2 Å². The van der Waals surface area contributed by atoms with Gasteiger partial charge < -0.3 is 14.2 Å². The molecule has 6 nitrogen and oxygen atoms in total. The van der Waals surface area contributed by atoms with E-state index in [4.69, 9.17) is 25.8 Å². The number of nitrogens with zero attached hydrogens (tertiary/aromatic N) is 2. The summed E-state index contributed by atoms with van der Waals surface area (Å²) in [6, 6.07) is 8.07. The number of rotatable bonds is 5. The van der Waals surface area contributed by atoms with Gasteiger partial charge in [0, 0.05) is 17.8 Å². The lowest BCUT2D eigenvalue weighted by atomic mass is 10.0. The number of cyclic esters (lactones) is 1. The van der Waals surface area contributed by atoms with Gasteiger partial charge in [-0.25, -0.2) is 14.2 Å². The summed E-state index contributed by atoms with van der Waals surface area (Å²) in [5.41, 5.74) is 1.90. The van der Waals surface area contributed by atoms with E-state index in [0.29, 0.717) is 41.8 Å². The van der Waals surface area contributed by atoms with Crippen molar-refractivity contribution in [3.05, 3.63) is 59.0 Å². The van der Waals surface area contributed by atoms with Gasteiger partial charge in [0.25, 0.3) is 0 Å². The van der Waals surface area contributed by atoms with Gasteiger partial charge in [0.15, 0.2) is 6.10 Å². The summed E-state index contributed by atoms with van der Waals surface area (Å²) in [6.07, 6.45) is 3.01. The number of hydrogen-bond donors (Lipinski definition) is 0. The predicted molar refractivity (Wildman–Crippen MR) is 102 cm³/mol. The lowest BCUT2D eigenvalue weighted by Gasteiger charge is -2.17. The van der Waals surface area contributed by atoms with Gasteiger partial charge in [-0.15, -0.1) is 0 Å². The number of benzene rings is 1. The molecule has 0 N–H and O–H groups in total. The number of halogens is 2. The lowest BCUT2D eigenvalue weighted by molar-refractivity contribution is 0.103. The molecule has 0 radical (unpaired) electrons. The van der Waals surface area contributed by atoms with E-state index in [9.17, 15) is 9.18 Å². The molecule has 0 saturated carbocycles. The average Bonchev–Trinajstić information content (AvgIpc) is 3.09. The Hall–Kier alpha value is -2.64. The quantitative estimate of drug-likeness (QED) is 0.751. The number of ether oxygens (including phenoxy) is 3. The zero-order valence-electron chi connectivity index (χ0n) is 14.9. The Morgan fingerprint density at radius 3 is 2.93 bits per heavy atom. The summed E-state index contributed by atoms with van der Waals surface area (Å²) in [5.74, 6) is 0.0162. The van der Waals surface area contributed by atoms with Crippen molar-refractivity contribution in [1.82, 2.24) is 4.98 Å². The highest BCUT2D eigenvalue weighted by atomic mass is 35.5. The number of amides is 1. The van der Waals surface area contributed by atoms with Crippen molar-refractivity contribution in [1.29, 1.82) is 0 Å². The normalized spacial score (nSPS) is 19.4. The summed E-state index contributed by atoms with van der Waals surface area (Å²) >= 11 is 5.78. The van der Waals surface area contributed by atoms with Gasteiger partial charge in [-0.2, -0.15) is 0 Å². The minimum absolute atomic E-state index is 0.143. The first-order chi connectivity index (χ1) is 13.6. The van der Waals surface area contributed by atoms with Crippen LogP contribution in [0.4, 0.5) is 14.9 Å². The predicted octanol–water partition coefficient (Wildman–Crippen LogP) is 4.08. The van der Waals surface area contributed by atoms with Crippen molar-refractivity contribution in [2.75, 3.05) is 31.3 Å². The van der Waals surface area contributed by atoms with E-state index < -0.39 is 12.2 Å². The molecule has 2 aliphatic heterocycles. The summed E-state index contributed by atoms with van der Waals surface area (Å²) in [4.78, 5) is 17.6. The molecule has 3 heterocycles. The number of anilines is 1. The fourth-order valence-electron chi connectivity index (χ4n) is 3.15. The Morgan fingerprint density at radius 1 is 1.32 bits per heavy atom. The Bertz CT molecular complexity index is 904. The average molecular weight is 405 g/mol. The number of hydrogen-bond acceptors (Lipinski definition) is 5. The Kier molecular flexibility index (Phi) is 5.45. The Labute approximate surface area is 166 Å². The van der Waals surface area contributed by atoms with Crippen LogP contribution in [0, 0.1) is 5.82 Å². The molecule has 2 aliphatic rings. The van der Waals surface area contributed by atoms with Crippen molar-refractivity contribution in [2.45, 2.75) is 12.5 Å². The monoisotopic (exact) mass is 404 g/mol. The third-order valence-corrected chi connectivity index (χ3v) is 4.79. The van der Waals surface area contributed by atoms with Crippen LogP contribution in [-0.4, -0.2) is 43.5 Å². The number of carbonyl (C=O) groups is 1. The van der Waals surface area contributed by atoms with E-state index in [1.54, 1.807) is 24.3 Å². The van der Waals surface area contributed by atoms with E-state index in [1.807, 2.05) is 6.08 Å². The second-order valence-electron chi connectivity index (χ2n) is 6.46. The molecular formula is C20H18ClFN2O4. The van der Waals surface area contributed by atoms with Crippen molar-refractivity contribution < 1.29 is 23.4 Å². The zero-order valence-corrected chi connectivity index (χ0v) is 15.7. The minimum Gasteiger partial charge on any atom is -0.474 e. The maximum atomic E-state index is 14.6. The maximum Gasteiger partial charge on any atom is 0.414 e. The van der Waals surface area contributed by atoms with Crippen LogP contribution < -0.4 is 9.64 Å². The van der Waals surface area contributed by atoms with Crippen LogP contribution in [0.3, 0.4) is 0 Å². The highest BCUT2D eigenvalue weighted by Crippen LogP contribution is 2.29. The molecular weight excluding hydrogens is 387 g/mol. The lowest BCUT2D eigenvalue weighted by Crippen LogP contribution is -2.26. The van der Waals surface area contributed by atoms with Crippen molar-refractivity contribution in [3.63, 3.8) is 0 Å². The standard InChI is InChI=1S/C20H18ClFN2O4/c21-14-1-4-19(23-10-14)27-12-16-11-24(20(25)28-16)15-2-3-17(18(22)9-15)13-5-7-26-8-6-13/h1-5,9-10,16H,6-8,11-12H2/t16-/m1/s1. The Balaban J connectivity index is 1.41. The minimum atomic E-state index is -0.532. The topological polar surface area (TPSA) is 60.9 Å². The van der Waals surface area contributed by atoms with Crippen LogP contribution in [0.2, 0.25) is 5.02 Å². The molecule has 8 heteroatoms. The first-order valence-electron chi connectivity index (χ1n) is 8.89. The van der Waals surface area contributed by atoms with E-state index >= 15 is 0 Å². The Morgan fingerprint density at radius 2 is 2.21 bits per heavy atom. The molecule has 1 saturated heterocycles. The molecule has 146 valence electrons. The van der Waals surface area contributed by atoms with Crippen LogP contribution in [0.15, 0.2) is 42.6 Å². The highest BCUT2D eigenvalue weighted by Gasteiger charge is 2.33. The van der Waals surface area contributed by atoms with Crippen molar-refractivity contribution >= 4 is 29.0 Å². The van der Waals surface area contributed by atoms with Gasteiger partial charge in [-0.1, -0.05) is 17.7 Å². The maximum absolute atomic E-state index is 14.6. The summed E-state index contributed by atoms with van der Waals surface area (Å²) in [6.45, 7) is 1.47. The van der Waals surface area contributed by atoms with Crippen LogP contribution >= 0.6 is 11.6 Å². The molecule has 0 spiro atoms. The fourth-order valence-corrected chi connectivity index (χ4v) is 3.26. The van der Waals surface area contributed by atoms with Crippen LogP contribution in [-0.2, 0) is 9.47 Å². The van der Waals surface area contributed by atoms with E-state index in [2.05, 4.69) is 4.98 Å². The fraction of sp³-hybridized carbons (Fsp3) is 0.300. The third-order valence-electron chi connectivity index (χ3n) is 4.57. The highest BCUT2D eigenvalue weighted by molar-refractivity contribution is 6.30. The number of aromatic nitrogens is 1. The molecule has 0 bridgehead atoms. The van der Waals surface area contributed by atoms with Crippen LogP contribution in [0.5, 0.6) is 5.88 Å². The van der Waals surface area contributed by atoms with Crippen LogP contribution in [0.1, 0.15) is 12.0 Å². The summed E-state index contributed by atoms with van der Waals surface area (Å²) in [5, 5.41) is 0.507. The van der Waals surface area contributed by atoms with Gasteiger partial charge in [0.1, 0.15) is 12.4 Å². The SMILES string of the molecule is O=C1O[C@@H](COc2ccc(Cl)cn2)CN1c1ccc(C2=CCOCC2)c(F)c1. The summed E-state index contributed by atoms with van der Waals surface area (Å²) < 4.78 is 30.7. The first-order valence-corrected chi connectivity index (χ1v) is 9.27. The van der Waals surface area contributed by atoms with Gasteiger partial charge in [0.05, 0.1) is 30.5 Å². The van der Waals surface area contributed by atoms with Crippen LogP contribution in [0.25, 0.3) is 5.57 Å².